The Morgan fingerprint density at radius 2 is 2.21 bits per heavy atom. The van der Waals surface area contributed by atoms with E-state index in [2.05, 4.69) is 22.1 Å². The summed E-state index contributed by atoms with van der Waals surface area (Å²) in [5, 5.41) is 12.4. The lowest BCUT2D eigenvalue weighted by atomic mass is 10.1. The minimum absolute atomic E-state index is 0.209. The van der Waals surface area contributed by atoms with Crippen LogP contribution in [0, 0.1) is 0 Å². The average molecular weight is 263 g/mol. The highest BCUT2D eigenvalue weighted by Gasteiger charge is 2.15. The van der Waals surface area contributed by atoms with Crippen LogP contribution in [0.5, 0.6) is 0 Å². The molecule has 0 spiro atoms. The molecule has 19 heavy (non-hydrogen) atoms. The Morgan fingerprint density at radius 3 is 2.89 bits per heavy atom. The first-order chi connectivity index (χ1) is 9.16. The van der Waals surface area contributed by atoms with Crippen LogP contribution in [0.2, 0.25) is 0 Å². The maximum absolute atomic E-state index is 11.1. The molecule has 1 aliphatic rings. The van der Waals surface area contributed by atoms with Gasteiger partial charge in [-0.25, -0.2) is 4.79 Å². The largest absolute Gasteiger partial charge is 0.478 e. The zero-order valence-electron chi connectivity index (χ0n) is 11.3. The molecule has 1 saturated heterocycles. The molecule has 1 atom stereocenters. The molecule has 1 unspecified atom stereocenters. The van der Waals surface area contributed by atoms with Gasteiger partial charge in [-0.15, -0.1) is 0 Å². The number of nitrogens with one attached hydrogen (secondary N) is 1. The molecule has 0 amide bonds. The molecule has 0 aromatic carbocycles. The zero-order valence-corrected chi connectivity index (χ0v) is 11.3. The number of hydrogen-bond donors (Lipinski definition) is 2. The lowest BCUT2D eigenvalue weighted by molar-refractivity contribution is 0.0697. The molecule has 1 aromatic rings. The van der Waals surface area contributed by atoms with E-state index in [0.29, 0.717) is 5.69 Å². The van der Waals surface area contributed by atoms with E-state index in [1.165, 1.54) is 31.5 Å². The van der Waals surface area contributed by atoms with E-state index >= 15 is 0 Å². The lowest BCUT2D eigenvalue weighted by Gasteiger charge is -2.29. The third kappa shape index (κ3) is 3.92. The fourth-order valence-corrected chi connectivity index (χ4v) is 2.54. The van der Waals surface area contributed by atoms with E-state index in [9.17, 15) is 4.79 Å². The van der Waals surface area contributed by atoms with Crippen LogP contribution in [0.1, 0.15) is 36.5 Å². The number of carboxylic acid groups (broad SMARTS) is 1. The molecule has 104 valence electrons. The highest BCUT2D eigenvalue weighted by molar-refractivity contribution is 5.93. The van der Waals surface area contributed by atoms with E-state index in [1.807, 2.05) is 0 Å². The molecule has 0 saturated carbocycles. The SMILES string of the molecule is CC(CN1CCCCC1)Nc1cnccc1C(=O)O. The Bertz CT molecular complexity index is 430. The second-order valence-corrected chi connectivity index (χ2v) is 5.13. The second kappa shape index (κ2) is 6.52. The van der Waals surface area contributed by atoms with Gasteiger partial charge in [0.25, 0.3) is 0 Å². The summed E-state index contributed by atoms with van der Waals surface area (Å²) in [4.78, 5) is 17.5. The Morgan fingerprint density at radius 1 is 1.47 bits per heavy atom. The van der Waals surface area contributed by atoms with Crippen LogP contribution in [0.25, 0.3) is 0 Å². The third-order valence-corrected chi connectivity index (χ3v) is 3.43. The van der Waals surface area contributed by atoms with Crippen molar-refractivity contribution in [1.82, 2.24) is 9.88 Å². The monoisotopic (exact) mass is 263 g/mol. The number of nitrogens with zero attached hydrogens (tertiary/aromatic N) is 2. The van der Waals surface area contributed by atoms with E-state index in [-0.39, 0.29) is 11.6 Å². The van der Waals surface area contributed by atoms with Crippen molar-refractivity contribution in [3.63, 3.8) is 0 Å². The number of rotatable bonds is 5. The molecule has 2 heterocycles. The molecular formula is C14H21N3O2. The fourth-order valence-electron chi connectivity index (χ4n) is 2.54. The van der Waals surface area contributed by atoms with Crippen LogP contribution < -0.4 is 5.32 Å². The van der Waals surface area contributed by atoms with Crippen molar-refractivity contribution in [2.24, 2.45) is 0 Å². The number of piperidine rings is 1. The molecular weight excluding hydrogens is 242 g/mol. The first-order valence-electron chi connectivity index (χ1n) is 6.83. The van der Waals surface area contributed by atoms with E-state index in [0.717, 1.165) is 19.6 Å². The number of hydrogen-bond acceptors (Lipinski definition) is 4. The summed E-state index contributed by atoms with van der Waals surface area (Å²) >= 11 is 0. The van der Waals surface area contributed by atoms with Crippen molar-refractivity contribution in [2.45, 2.75) is 32.2 Å². The minimum atomic E-state index is -0.921. The lowest BCUT2D eigenvalue weighted by Crippen LogP contribution is -2.38. The fraction of sp³-hybridized carbons (Fsp3) is 0.571. The summed E-state index contributed by atoms with van der Waals surface area (Å²) in [5.41, 5.74) is 0.875. The van der Waals surface area contributed by atoms with Gasteiger partial charge in [-0.1, -0.05) is 6.42 Å². The quantitative estimate of drug-likeness (QED) is 0.851. The summed E-state index contributed by atoms with van der Waals surface area (Å²) in [7, 11) is 0. The van der Waals surface area contributed by atoms with E-state index in [1.54, 1.807) is 6.20 Å². The molecule has 5 heteroatoms. The number of carbonyl (C=O) groups is 1. The van der Waals surface area contributed by atoms with Gasteiger partial charge < -0.3 is 15.3 Å². The zero-order chi connectivity index (χ0) is 13.7. The van der Waals surface area contributed by atoms with Crippen molar-refractivity contribution in [1.29, 1.82) is 0 Å². The second-order valence-electron chi connectivity index (χ2n) is 5.13. The van der Waals surface area contributed by atoms with Gasteiger partial charge in [-0.05, 0) is 38.9 Å². The molecule has 0 radical (unpaired) electrons. The molecule has 1 aliphatic heterocycles. The number of anilines is 1. The highest BCUT2D eigenvalue weighted by atomic mass is 16.4. The summed E-state index contributed by atoms with van der Waals surface area (Å²) in [6.07, 6.45) is 6.93. The average Bonchev–Trinajstić information content (AvgIpc) is 2.40. The van der Waals surface area contributed by atoms with Crippen molar-refractivity contribution in [3.8, 4) is 0 Å². The van der Waals surface area contributed by atoms with Gasteiger partial charge in [0.1, 0.15) is 0 Å². The molecule has 0 bridgehead atoms. The van der Waals surface area contributed by atoms with Crippen LogP contribution in [0.15, 0.2) is 18.5 Å². The number of likely N-dealkylation sites (tertiary alicyclic amines) is 1. The third-order valence-electron chi connectivity index (χ3n) is 3.43. The standard InChI is InChI=1S/C14H21N3O2/c1-11(10-17-7-3-2-4-8-17)16-13-9-15-6-5-12(13)14(18)19/h5-6,9,11,16H,2-4,7-8,10H2,1H3,(H,18,19). The van der Waals surface area contributed by atoms with Crippen LogP contribution in [-0.2, 0) is 0 Å². The number of carboxylic acids is 1. The Labute approximate surface area is 113 Å². The predicted molar refractivity (Wildman–Crippen MR) is 74.6 cm³/mol. The Balaban J connectivity index is 1.94. The summed E-state index contributed by atoms with van der Waals surface area (Å²) in [5.74, 6) is -0.921. The summed E-state index contributed by atoms with van der Waals surface area (Å²) in [6.45, 7) is 5.30. The van der Waals surface area contributed by atoms with Crippen molar-refractivity contribution >= 4 is 11.7 Å². The topological polar surface area (TPSA) is 65.5 Å². The maximum Gasteiger partial charge on any atom is 0.337 e. The predicted octanol–water partition coefficient (Wildman–Crippen LogP) is 2.07. The van der Waals surface area contributed by atoms with Gasteiger partial charge in [-0.2, -0.15) is 0 Å². The Hall–Kier alpha value is -1.62. The van der Waals surface area contributed by atoms with Gasteiger partial charge in [0.05, 0.1) is 17.4 Å². The van der Waals surface area contributed by atoms with Gasteiger partial charge >= 0.3 is 5.97 Å². The molecule has 5 nitrogen and oxygen atoms in total. The minimum Gasteiger partial charge on any atom is -0.478 e. The van der Waals surface area contributed by atoms with Crippen LogP contribution >= 0.6 is 0 Å². The smallest absolute Gasteiger partial charge is 0.337 e. The molecule has 0 aliphatic carbocycles. The number of aromatic nitrogens is 1. The van der Waals surface area contributed by atoms with Gasteiger partial charge in [0, 0.05) is 18.8 Å². The number of aromatic carboxylic acids is 1. The first-order valence-corrected chi connectivity index (χ1v) is 6.83. The van der Waals surface area contributed by atoms with Gasteiger partial charge in [-0.3, -0.25) is 4.98 Å². The Kier molecular flexibility index (Phi) is 4.74. The van der Waals surface area contributed by atoms with Crippen molar-refractivity contribution < 1.29 is 9.90 Å². The van der Waals surface area contributed by atoms with Crippen LogP contribution in [0.3, 0.4) is 0 Å². The van der Waals surface area contributed by atoms with Gasteiger partial charge in [0.15, 0.2) is 0 Å². The van der Waals surface area contributed by atoms with Crippen LogP contribution in [0.4, 0.5) is 5.69 Å². The van der Waals surface area contributed by atoms with Crippen molar-refractivity contribution in [3.05, 3.63) is 24.0 Å². The van der Waals surface area contributed by atoms with Gasteiger partial charge in [0.2, 0.25) is 0 Å². The molecule has 1 fully saturated rings. The highest BCUT2D eigenvalue weighted by Crippen LogP contribution is 2.16. The normalized spacial score (nSPS) is 17.9. The summed E-state index contributed by atoms with van der Waals surface area (Å²) < 4.78 is 0. The van der Waals surface area contributed by atoms with E-state index in [4.69, 9.17) is 5.11 Å². The molecule has 2 N–H and O–H groups in total. The summed E-state index contributed by atoms with van der Waals surface area (Å²) in [6, 6.07) is 1.73. The van der Waals surface area contributed by atoms with E-state index < -0.39 is 5.97 Å². The molecule has 1 aromatic heterocycles. The number of pyridine rings is 1. The molecule has 2 rings (SSSR count). The van der Waals surface area contributed by atoms with Crippen LogP contribution in [-0.4, -0.2) is 46.6 Å². The maximum atomic E-state index is 11.1. The first kappa shape index (κ1) is 13.8. The van der Waals surface area contributed by atoms with Crippen molar-refractivity contribution in [2.75, 3.05) is 25.0 Å².